The van der Waals surface area contributed by atoms with Crippen LogP contribution in [0.5, 0.6) is 0 Å². The lowest BCUT2D eigenvalue weighted by molar-refractivity contribution is -0.122. The van der Waals surface area contributed by atoms with Gasteiger partial charge in [-0.1, -0.05) is 32.0 Å². The fourth-order valence-corrected chi connectivity index (χ4v) is 2.95. The van der Waals surface area contributed by atoms with E-state index in [0.29, 0.717) is 0 Å². The van der Waals surface area contributed by atoms with E-state index >= 15 is 0 Å². The first-order chi connectivity index (χ1) is 14.0. The molecule has 2 aromatic carbocycles. The van der Waals surface area contributed by atoms with Crippen molar-refractivity contribution < 1.29 is 22.8 Å². The van der Waals surface area contributed by atoms with Crippen molar-refractivity contribution >= 4 is 23.2 Å². The van der Waals surface area contributed by atoms with E-state index in [1.165, 1.54) is 4.90 Å². The molecule has 5 nitrogen and oxygen atoms in total. The lowest BCUT2D eigenvalue weighted by atomic mass is 9.98. The van der Waals surface area contributed by atoms with E-state index in [-0.39, 0.29) is 18.4 Å². The average Bonchev–Trinajstić information content (AvgIpc) is 2.68. The van der Waals surface area contributed by atoms with Gasteiger partial charge in [-0.15, -0.1) is 0 Å². The van der Waals surface area contributed by atoms with E-state index < -0.39 is 35.1 Å². The van der Waals surface area contributed by atoms with Crippen LogP contribution >= 0.6 is 0 Å². The molecule has 0 aliphatic carbocycles. The van der Waals surface area contributed by atoms with Crippen molar-refractivity contribution in [3.8, 4) is 0 Å². The first-order valence-electron chi connectivity index (χ1n) is 9.56. The minimum absolute atomic E-state index is 0.213. The van der Waals surface area contributed by atoms with E-state index in [4.69, 9.17) is 0 Å². The highest BCUT2D eigenvalue weighted by Crippen LogP contribution is 2.27. The van der Waals surface area contributed by atoms with E-state index in [1.807, 2.05) is 39.0 Å². The predicted molar refractivity (Wildman–Crippen MR) is 111 cm³/mol. The van der Waals surface area contributed by atoms with Gasteiger partial charge in [0.25, 0.3) is 0 Å². The van der Waals surface area contributed by atoms with Gasteiger partial charge in [0, 0.05) is 5.69 Å². The van der Waals surface area contributed by atoms with Crippen LogP contribution in [0.2, 0.25) is 0 Å². The summed E-state index contributed by atoms with van der Waals surface area (Å²) in [5.41, 5.74) is 2.21. The molecule has 0 saturated carbocycles. The molecule has 0 aromatic heterocycles. The smallest absolute Gasteiger partial charge is 0.241 e. The van der Waals surface area contributed by atoms with Gasteiger partial charge in [0.2, 0.25) is 11.8 Å². The molecule has 162 valence electrons. The largest absolute Gasteiger partial charge is 0.324 e. The molecule has 0 fully saturated rings. The van der Waals surface area contributed by atoms with Crippen LogP contribution in [0.3, 0.4) is 0 Å². The first-order valence-corrected chi connectivity index (χ1v) is 9.56. The lowest BCUT2D eigenvalue weighted by Gasteiger charge is -2.25. The quantitative estimate of drug-likeness (QED) is 0.650. The van der Waals surface area contributed by atoms with Crippen molar-refractivity contribution in [1.82, 2.24) is 4.90 Å². The molecule has 30 heavy (non-hydrogen) atoms. The maximum atomic E-state index is 13.7. The first kappa shape index (κ1) is 23.4. The average molecular weight is 421 g/mol. The lowest BCUT2D eigenvalue weighted by Crippen LogP contribution is -2.43. The second kappa shape index (κ2) is 9.75. The van der Waals surface area contributed by atoms with Gasteiger partial charge in [-0.2, -0.15) is 0 Å². The molecule has 2 aromatic rings. The number of likely N-dealkylation sites (N-methyl/N-ethyl adjacent to an activating group) is 1. The fourth-order valence-electron chi connectivity index (χ4n) is 2.95. The Morgan fingerprint density at radius 3 is 2.30 bits per heavy atom. The summed E-state index contributed by atoms with van der Waals surface area (Å²) in [5, 5.41) is 5.11. The molecular weight excluding hydrogens is 395 g/mol. The summed E-state index contributed by atoms with van der Waals surface area (Å²) in [7, 11) is 1.56. The van der Waals surface area contributed by atoms with Crippen molar-refractivity contribution in [3.63, 3.8) is 0 Å². The van der Waals surface area contributed by atoms with Crippen LogP contribution in [0.1, 0.15) is 37.8 Å². The second-order valence-corrected chi connectivity index (χ2v) is 7.55. The zero-order chi connectivity index (χ0) is 22.6. The third-order valence-corrected chi connectivity index (χ3v) is 4.92. The summed E-state index contributed by atoms with van der Waals surface area (Å²) in [6, 6.07) is 6.77. The molecule has 2 N–H and O–H groups in total. The van der Waals surface area contributed by atoms with Crippen LogP contribution in [0.25, 0.3) is 0 Å². The zero-order valence-electron chi connectivity index (χ0n) is 17.6. The summed E-state index contributed by atoms with van der Waals surface area (Å²) < 4.78 is 40.0. The summed E-state index contributed by atoms with van der Waals surface area (Å²) in [6.45, 7) is 7.34. The molecule has 2 amide bonds. The third-order valence-electron chi connectivity index (χ3n) is 4.92. The van der Waals surface area contributed by atoms with Gasteiger partial charge in [0.1, 0.15) is 0 Å². The topological polar surface area (TPSA) is 61.4 Å². The minimum atomic E-state index is -1.66. The molecule has 0 spiro atoms. The number of rotatable bonds is 7. The minimum Gasteiger partial charge on any atom is -0.324 e. The Hall–Kier alpha value is -2.87. The Bertz CT molecular complexity index is 947. The molecule has 0 unspecified atom stereocenters. The second-order valence-electron chi connectivity index (χ2n) is 7.55. The van der Waals surface area contributed by atoms with Crippen LogP contribution in [0.4, 0.5) is 24.5 Å². The highest BCUT2D eigenvalue weighted by Gasteiger charge is 2.23. The third kappa shape index (κ3) is 5.38. The van der Waals surface area contributed by atoms with Crippen LogP contribution in [-0.2, 0) is 9.59 Å². The zero-order valence-corrected chi connectivity index (χ0v) is 17.6. The molecule has 2 rings (SSSR count). The van der Waals surface area contributed by atoms with Gasteiger partial charge >= 0.3 is 0 Å². The molecule has 8 heteroatoms. The van der Waals surface area contributed by atoms with Gasteiger partial charge in [0.05, 0.1) is 18.3 Å². The molecule has 0 heterocycles. The van der Waals surface area contributed by atoms with E-state index in [0.717, 1.165) is 28.9 Å². The summed E-state index contributed by atoms with van der Waals surface area (Å²) in [4.78, 5) is 26.4. The molecule has 0 bridgehead atoms. The number of para-hydroxylation sites is 1. The maximum absolute atomic E-state index is 13.7. The highest BCUT2D eigenvalue weighted by atomic mass is 19.2. The van der Waals surface area contributed by atoms with Gasteiger partial charge in [-0.3, -0.25) is 14.5 Å². The molecule has 0 aliphatic rings. The van der Waals surface area contributed by atoms with Gasteiger partial charge in [-0.05, 0) is 50.1 Å². The van der Waals surface area contributed by atoms with Crippen molar-refractivity contribution in [2.75, 3.05) is 24.2 Å². The SMILES string of the molecule is Cc1cccc(C(C)C)c1NC(=O)[C@H](C)N(C)CC(=O)Nc1ccc(F)c(F)c1F. The number of carbonyl (C=O) groups is 2. The van der Waals surface area contributed by atoms with E-state index in [9.17, 15) is 22.8 Å². The van der Waals surface area contributed by atoms with E-state index in [1.54, 1.807) is 14.0 Å². The number of aryl methyl sites for hydroxylation is 1. The van der Waals surface area contributed by atoms with Crippen molar-refractivity contribution in [3.05, 3.63) is 58.9 Å². The number of amides is 2. The number of hydrogen-bond acceptors (Lipinski definition) is 3. The standard InChI is InChI=1S/C22H26F3N3O2/c1-12(2)15-8-6-7-13(3)21(15)27-22(30)14(4)28(5)11-18(29)26-17-10-9-16(23)19(24)20(17)25/h6-10,12,14H,11H2,1-5H3,(H,26,29)(H,27,30)/t14-/m0/s1. The highest BCUT2D eigenvalue weighted by molar-refractivity contribution is 5.97. The van der Waals surface area contributed by atoms with E-state index in [2.05, 4.69) is 10.6 Å². The van der Waals surface area contributed by atoms with Crippen molar-refractivity contribution in [1.29, 1.82) is 0 Å². The number of carbonyl (C=O) groups excluding carboxylic acids is 2. The summed E-state index contributed by atoms with van der Waals surface area (Å²) in [6.07, 6.45) is 0. The Kier molecular flexibility index (Phi) is 7.61. The van der Waals surface area contributed by atoms with Crippen molar-refractivity contribution in [2.45, 2.75) is 39.7 Å². The monoisotopic (exact) mass is 421 g/mol. The van der Waals surface area contributed by atoms with Crippen LogP contribution in [0.15, 0.2) is 30.3 Å². The number of halogens is 3. The van der Waals surface area contributed by atoms with Crippen molar-refractivity contribution in [2.24, 2.45) is 0 Å². The van der Waals surface area contributed by atoms with Gasteiger partial charge < -0.3 is 10.6 Å². The predicted octanol–water partition coefficient (Wildman–Crippen LogP) is 4.43. The van der Waals surface area contributed by atoms with Crippen LogP contribution < -0.4 is 10.6 Å². The Morgan fingerprint density at radius 2 is 1.67 bits per heavy atom. The molecule has 0 aliphatic heterocycles. The summed E-state index contributed by atoms with van der Waals surface area (Å²) >= 11 is 0. The number of nitrogens with one attached hydrogen (secondary N) is 2. The number of anilines is 2. The Balaban J connectivity index is 2.04. The molecule has 0 saturated heterocycles. The summed E-state index contributed by atoms with van der Waals surface area (Å²) in [5.74, 6) is -5.23. The number of benzene rings is 2. The number of nitrogens with zero attached hydrogens (tertiary/aromatic N) is 1. The molecule has 0 radical (unpaired) electrons. The maximum Gasteiger partial charge on any atom is 0.241 e. The number of hydrogen-bond donors (Lipinski definition) is 2. The molecule has 1 atom stereocenters. The fraction of sp³-hybridized carbons (Fsp3) is 0.364. The molecular formula is C22H26F3N3O2. The van der Waals surface area contributed by atoms with Gasteiger partial charge in [-0.25, -0.2) is 13.2 Å². The van der Waals surface area contributed by atoms with Crippen LogP contribution in [0, 0.1) is 24.4 Å². The van der Waals surface area contributed by atoms with Crippen LogP contribution in [-0.4, -0.2) is 36.3 Å². The van der Waals surface area contributed by atoms with Gasteiger partial charge in [0.15, 0.2) is 17.5 Å². The normalized spacial score (nSPS) is 12.2. The Labute approximate surface area is 174 Å². The Morgan fingerprint density at radius 1 is 1.00 bits per heavy atom.